The van der Waals surface area contributed by atoms with Crippen LogP contribution in [0.3, 0.4) is 0 Å². The summed E-state index contributed by atoms with van der Waals surface area (Å²) in [6, 6.07) is 13.9. The van der Waals surface area contributed by atoms with E-state index in [1.54, 1.807) is 23.5 Å². The van der Waals surface area contributed by atoms with Crippen LogP contribution in [0.5, 0.6) is 0 Å². The Hall–Kier alpha value is -2.57. The second-order valence-corrected chi connectivity index (χ2v) is 12.3. The van der Waals surface area contributed by atoms with Crippen LogP contribution in [0.2, 0.25) is 0 Å². The number of aldehydes is 1. The standard InChI is InChI=1S/C30H38FN3OS/c1-21(2)11-27-19-33(18-24-13-22(3)12-23(14-24)16-30(4,5)20-35)9-10-34(27)29-32-17-28(36-29)25-7-6-8-26(31)15-25/h6-8,12-15,17,20-21,27H,9-11,16,18-19H2,1-5H3/t27-/m1/s1. The number of benzene rings is 2. The van der Waals surface area contributed by atoms with Crippen molar-refractivity contribution in [1.29, 1.82) is 0 Å². The van der Waals surface area contributed by atoms with Crippen LogP contribution in [-0.4, -0.2) is 41.8 Å². The number of nitrogens with zero attached hydrogens (tertiary/aromatic N) is 3. The van der Waals surface area contributed by atoms with Crippen molar-refractivity contribution < 1.29 is 9.18 Å². The quantitative estimate of drug-likeness (QED) is 0.300. The zero-order valence-corrected chi connectivity index (χ0v) is 22.9. The van der Waals surface area contributed by atoms with Crippen molar-refractivity contribution in [2.24, 2.45) is 11.3 Å². The number of aryl methyl sites for hydroxylation is 1. The first kappa shape index (κ1) is 26.5. The summed E-state index contributed by atoms with van der Waals surface area (Å²) in [5, 5.41) is 1.02. The van der Waals surface area contributed by atoms with Gasteiger partial charge in [0.15, 0.2) is 5.13 Å². The highest BCUT2D eigenvalue weighted by Crippen LogP contribution is 2.34. The first-order valence-electron chi connectivity index (χ1n) is 12.9. The van der Waals surface area contributed by atoms with E-state index in [2.05, 4.69) is 48.8 Å². The second-order valence-electron chi connectivity index (χ2n) is 11.3. The third kappa shape index (κ3) is 6.80. The summed E-state index contributed by atoms with van der Waals surface area (Å²) in [5.41, 5.74) is 4.31. The molecule has 0 bridgehead atoms. The normalized spacial score (nSPS) is 17.1. The van der Waals surface area contributed by atoms with Gasteiger partial charge < -0.3 is 9.69 Å². The second kappa shape index (κ2) is 11.2. The Bertz CT molecular complexity index is 1190. The largest absolute Gasteiger partial charge is 0.343 e. The zero-order valence-electron chi connectivity index (χ0n) is 22.1. The molecule has 36 heavy (non-hydrogen) atoms. The lowest BCUT2D eigenvalue weighted by molar-refractivity contribution is -0.114. The average molecular weight is 508 g/mol. The molecule has 1 atom stereocenters. The summed E-state index contributed by atoms with van der Waals surface area (Å²) >= 11 is 1.65. The Morgan fingerprint density at radius 2 is 1.94 bits per heavy atom. The van der Waals surface area contributed by atoms with Gasteiger partial charge in [-0.15, -0.1) is 0 Å². The number of piperazine rings is 1. The van der Waals surface area contributed by atoms with Crippen LogP contribution in [0.4, 0.5) is 9.52 Å². The van der Waals surface area contributed by atoms with Crippen molar-refractivity contribution in [2.45, 2.75) is 60.0 Å². The van der Waals surface area contributed by atoms with E-state index in [0.29, 0.717) is 12.0 Å². The number of aromatic nitrogens is 1. The van der Waals surface area contributed by atoms with Gasteiger partial charge in [-0.2, -0.15) is 0 Å². The molecular weight excluding hydrogens is 469 g/mol. The molecule has 0 N–H and O–H groups in total. The molecule has 0 aliphatic carbocycles. The predicted octanol–water partition coefficient (Wildman–Crippen LogP) is 6.76. The third-order valence-corrected chi connectivity index (χ3v) is 7.82. The number of anilines is 1. The first-order chi connectivity index (χ1) is 17.1. The van der Waals surface area contributed by atoms with Crippen molar-refractivity contribution in [3.8, 4) is 10.4 Å². The minimum absolute atomic E-state index is 0.220. The molecule has 1 aliphatic rings. The number of carbonyl (C=O) groups is 1. The van der Waals surface area contributed by atoms with Crippen molar-refractivity contribution >= 4 is 22.8 Å². The molecule has 6 heteroatoms. The molecule has 3 aromatic rings. The minimum Gasteiger partial charge on any atom is -0.343 e. The van der Waals surface area contributed by atoms with Crippen LogP contribution >= 0.6 is 11.3 Å². The van der Waals surface area contributed by atoms with Crippen LogP contribution in [0.15, 0.2) is 48.7 Å². The van der Waals surface area contributed by atoms with E-state index in [1.807, 2.05) is 26.1 Å². The summed E-state index contributed by atoms with van der Waals surface area (Å²) < 4.78 is 13.7. The lowest BCUT2D eigenvalue weighted by Crippen LogP contribution is -2.53. The van der Waals surface area contributed by atoms with Crippen LogP contribution in [0.25, 0.3) is 10.4 Å². The summed E-state index contributed by atoms with van der Waals surface area (Å²) in [7, 11) is 0. The van der Waals surface area contributed by atoms with E-state index in [0.717, 1.165) is 60.9 Å². The maximum absolute atomic E-state index is 13.7. The van der Waals surface area contributed by atoms with E-state index in [-0.39, 0.29) is 11.2 Å². The number of hydrogen-bond acceptors (Lipinski definition) is 5. The Morgan fingerprint density at radius 3 is 2.67 bits per heavy atom. The summed E-state index contributed by atoms with van der Waals surface area (Å²) in [6.07, 6.45) is 4.79. The number of carbonyl (C=O) groups excluding carboxylic acids is 1. The summed E-state index contributed by atoms with van der Waals surface area (Å²) in [6.45, 7) is 14.5. The van der Waals surface area contributed by atoms with Crippen molar-refractivity contribution in [3.63, 3.8) is 0 Å². The van der Waals surface area contributed by atoms with Crippen molar-refractivity contribution in [3.05, 3.63) is 71.2 Å². The van der Waals surface area contributed by atoms with E-state index < -0.39 is 0 Å². The van der Waals surface area contributed by atoms with Gasteiger partial charge in [0.2, 0.25) is 0 Å². The number of rotatable bonds is 9. The first-order valence-corrected chi connectivity index (χ1v) is 13.7. The molecule has 0 spiro atoms. The Morgan fingerprint density at radius 1 is 1.17 bits per heavy atom. The monoisotopic (exact) mass is 507 g/mol. The van der Waals surface area contributed by atoms with Gasteiger partial charge in [0.25, 0.3) is 0 Å². The zero-order chi connectivity index (χ0) is 25.9. The van der Waals surface area contributed by atoms with Gasteiger partial charge in [0, 0.05) is 43.8 Å². The van der Waals surface area contributed by atoms with Crippen molar-refractivity contribution in [2.75, 3.05) is 24.5 Å². The summed E-state index contributed by atoms with van der Waals surface area (Å²) in [5.74, 6) is 0.360. The molecule has 2 aromatic carbocycles. The molecule has 1 aliphatic heterocycles. The predicted molar refractivity (Wildman–Crippen MR) is 148 cm³/mol. The van der Waals surface area contributed by atoms with E-state index in [1.165, 1.54) is 22.8 Å². The third-order valence-electron chi connectivity index (χ3n) is 6.74. The van der Waals surface area contributed by atoms with E-state index >= 15 is 0 Å². The molecule has 4 nitrogen and oxygen atoms in total. The minimum atomic E-state index is -0.350. The Labute approximate surface area is 219 Å². The highest BCUT2D eigenvalue weighted by molar-refractivity contribution is 7.18. The van der Waals surface area contributed by atoms with Crippen molar-refractivity contribution in [1.82, 2.24) is 9.88 Å². The van der Waals surface area contributed by atoms with Gasteiger partial charge in [-0.3, -0.25) is 4.90 Å². The SMILES string of the molecule is Cc1cc(CN2CCN(c3ncc(-c4cccc(F)c4)s3)[C@H](CC(C)C)C2)cc(CC(C)(C)C=O)c1. The number of hydrogen-bond donors (Lipinski definition) is 0. The van der Waals surface area contributed by atoms with Crippen LogP contribution in [-0.2, 0) is 17.8 Å². The van der Waals surface area contributed by atoms with Crippen LogP contribution in [0, 0.1) is 24.1 Å². The smallest absolute Gasteiger partial charge is 0.186 e. The topological polar surface area (TPSA) is 36.4 Å². The molecule has 1 fully saturated rings. The van der Waals surface area contributed by atoms with Crippen LogP contribution in [0.1, 0.15) is 50.8 Å². The maximum atomic E-state index is 13.7. The number of halogens is 1. The molecule has 1 saturated heterocycles. The Balaban J connectivity index is 1.49. The van der Waals surface area contributed by atoms with E-state index in [4.69, 9.17) is 4.98 Å². The summed E-state index contributed by atoms with van der Waals surface area (Å²) in [4.78, 5) is 22.2. The maximum Gasteiger partial charge on any atom is 0.186 e. The van der Waals surface area contributed by atoms with Gasteiger partial charge >= 0.3 is 0 Å². The van der Waals surface area contributed by atoms with Gasteiger partial charge in [0.1, 0.15) is 12.1 Å². The number of thiazole rings is 1. The fourth-order valence-electron chi connectivity index (χ4n) is 5.20. The molecule has 0 radical (unpaired) electrons. The molecule has 0 unspecified atom stereocenters. The van der Waals surface area contributed by atoms with Crippen LogP contribution < -0.4 is 4.90 Å². The molecule has 192 valence electrons. The van der Waals surface area contributed by atoms with Gasteiger partial charge in [0.05, 0.1) is 4.88 Å². The van der Waals surface area contributed by atoms with E-state index in [9.17, 15) is 9.18 Å². The molecule has 0 amide bonds. The lowest BCUT2D eigenvalue weighted by atomic mass is 9.86. The molecule has 4 rings (SSSR count). The van der Waals surface area contributed by atoms with Gasteiger partial charge in [-0.05, 0) is 54.5 Å². The molecule has 1 aromatic heterocycles. The molecular formula is C30H38FN3OS. The van der Waals surface area contributed by atoms with Gasteiger partial charge in [-0.1, -0.05) is 74.9 Å². The average Bonchev–Trinajstić information content (AvgIpc) is 3.28. The highest BCUT2D eigenvalue weighted by Gasteiger charge is 2.30. The fourth-order valence-corrected chi connectivity index (χ4v) is 6.21. The van der Waals surface area contributed by atoms with Gasteiger partial charge in [-0.25, -0.2) is 9.37 Å². The molecule has 0 saturated carbocycles. The molecule has 2 heterocycles. The highest BCUT2D eigenvalue weighted by atomic mass is 32.1. The lowest BCUT2D eigenvalue weighted by Gasteiger charge is -2.42. The Kier molecular flexibility index (Phi) is 8.26. The fraction of sp³-hybridized carbons (Fsp3) is 0.467.